The van der Waals surface area contributed by atoms with Gasteiger partial charge in [0, 0.05) is 0 Å². The van der Waals surface area contributed by atoms with Crippen molar-refractivity contribution in [2.45, 2.75) is 0 Å². The zero-order chi connectivity index (χ0) is 16.8. The highest BCUT2D eigenvalue weighted by molar-refractivity contribution is 6.34. The third-order valence-corrected chi connectivity index (χ3v) is 4.12. The van der Waals surface area contributed by atoms with Crippen LogP contribution in [0.4, 0.5) is 5.69 Å². The van der Waals surface area contributed by atoms with Gasteiger partial charge in [-0.15, -0.1) is 0 Å². The number of imide groups is 1. The van der Waals surface area contributed by atoms with E-state index in [1.165, 1.54) is 18.2 Å². The number of carbonyl (C=O) groups excluding carboxylic acids is 2. The van der Waals surface area contributed by atoms with Gasteiger partial charge in [0.25, 0.3) is 11.8 Å². The molecule has 2 amide bonds. The summed E-state index contributed by atoms with van der Waals surface area (Å²) in [7, 11) is 0. The lowest BCUT2D eigenvalue weighted by molar-refractivity contribution is 0.0696. The molecular weight excluding hydrogens is 306 g/mol. The highest BCUT2D eigenvalue weighted by atomic mass is 16.4. The van der Waals surface area contributed by atoms with Crippen molar-refractivity contribution >= 4 is 34.2 Å². The van der Waals surface area contributed by atoms with E-state index in [4.69, 9.17) is 5.11 Å². The minimum absolute atomic E-state index is 0.0183. The van der Waals surface area contributed by atoms with Gasteiger partial charge in [-0.2, -0.15) is 0 Å². The fourth-order valence-electron chi connectivity index (χ4n) is 2.92. The summed E-state index contributed by atoms with van der Waals surface area (Å²) in [6.07, 6.45) is 0. The highest BCUT2D eigenvalue weighted by Gasteiger charge is 2.37. The summed E-state index contributed by atoms with van der Waals surface area (Å²) in [6.45, 7) is 0. The van der Waals surface area contributed by atoms with Crippen LogP contribution in [0, 0.1) is 0 Å². The average Bonchev–Trinajstić information content (AvgIpc) is 2.85. The molecule has 0 saturated carbocycles. The second-order valence-corrected chi connectivity index (χ2v) is 5.54. The van der Waals surface area contributed by atoms with Crippen LogP contribution in [-0.2, 0) is 0 Å². The van der Waals surface area contributed by atoms with Crippen LogP contribution in [-0.4, -0.2) is 22.9 Å². The molecule has 1 aliphatic heterocycles. The molecule has 0 fully saturated rings. The minimum Gasteiger partial charge on any atom is -0.478 e. The number of carboxylic acid groups (broad SMARTS) is 1. The molecule has 0 atom stereocenters. The van der Waals surface area contributed by atoms with Crippen LogP contribution in [0.2, 0.25) is 0 Å². The predicted octanol–water partition coefficient (Wildman–Crippen LogP) is 3.34. The van der Waals surface area contributed by atoms with Crippen molar-refractivity contribution in [3.05, 3.63) is 77.4 Å². The molecule has 24 heavy (non-hydrogen) atoms. The average molecular weight is 317 g/mol. The minimum atomic E-state index is -1.14. The summed E-state index contributed by atoms with van der Waals surface area (Å²) < 4.78 is 0. The molecule has 0 bridgehead atoms. The number of fused-ring (bicyclic) bond motifs is 2. The number of rotatable bonds is 2. The van der Waals surface area contributed by atoms with Gasteiger partial charge in [-0.25, -0.2) is 9.69 Å². The van der Waals surface area contributed by atoms with E-state index < -0.39 is 17.8 Å². The lowest BCUT2D eigenvalue weighted by Crippen LogP contribution is -2.29. The third kappa shape index (κ3) is 1.99. The Hall–Kier alpha value is -3.47. The number of anilines is 1. The first-order valence-corrected chi connectivity index (χ1v) is 7.31. The van der Waals surface area contributed by atoms with Gasteiger partial charge >= 0.3 is 5.97 Å². The Kier molecular flexibility index (Phi) is 2.96. The molecule has 0 spiro atoms. The maximum Gasteiger partial charge on any atom is 0.335 e. The molecule has 5 heteroatoms. The van der Waals surface area contributed by atoms with Crippen LogP contribution >= 0.6 is 0 Å². The second-order valence-electron chi connectivity index (χ2n) is 5.54. The van der Waals surface area contributed by atoms with Gasteiger partial charge in [-0.1, -0.05) is 30.3 Å². The molecule has 116 valence electrons. The number of hydrogen-bond acceptors (Lipinski definition) is 3. The Balaban J connectivity index is 1.82. The van der Waals surface area contributed by atoms with E-state index >= 15 is 0 Å². The Bertz CT molecular complexity index is 1040. The van der Waals surface area contributed by atoms with Crippen molar-refractivity contribution in [1.29, 1.82) is 0 Å². The summed E-state index contributed by atoms with van der Waals surface area (Å²) in [5, 5.41) is 11.0. The van der Waals surface area contributed by atoms with Crippen molar-refractivity contribution in [2.24, 2.45) is 0 Å². The molecule has 1 aliphatic rings. The van der Waals surface area contributed by atoms with Crippen molar-refractivity contribution < 1.29 is 19.5 Å². The highest BCUT2D eigenvalue weighted by Crippen LogP contribution is 2.31. The number of carboxylic acids is 1. The van der Waals surface area contributed by atoms with Gasteiger partial charge in [-0.3, -0.25) is 9.59 Å². The zero-order valence-electron chi connectivity index (χ0n) is 12.4. The van der Waals surface area contributed by atoms with Crippen molar-refractivity contribution in [3.63, 3.8) is 0 Å². The molecule has 5 nitrogen and oxygen atoms in total. The molecule has 0 aromatic heterocycles. The van der Waals surface area contributed by atoms with E-state index in [9.17, 15) is 14.4 Å². The number of carbonyl (C=O) groups is 3. The van der Waals surface area contributed by atoms with E-state index in [0.29, 0.717) is 5.69 Å². The topological polar surface area (TPSA) is 74.7 Å². The van der Waals surface area contributed by atoms with E-state index in [1.807, 2.05) is 30.3 Å². The third-order valence-electron chi connectivity index (χ3n) is 4.12. The fraction of sp³-hybridized carbons (Fsp3) is 0. The smallest absolute Gasteiger partial charge is 0.335 e. The van der Waals surface area contributed by atoms with Crippen LogP contribution in [0.3, 0.4) is 0 Å². The van der Waals surface area contributed by atoms with Gasteiger partial charge in [0.05, 0.1) is 22.4 Å². The van der Waals surface area contributed by atoms with Crippen molar-refractivity contribution in [2.75, 3.05) is 4.90 Å². The zero-order valence-corrected chi connectivity index (χ0v) is 12.4. The molecule has 3 aromatic carbocycles. The van der Waals surface area contributed by atoms with Gasteiger partial charge in [-0.05, 0) is 41.1 Å². The molecular formula is C19H11NO4. The van der Waals surface area contributed by atoms with Crippen molar-refractivity contribution in [1.82, 2.24) is 0 Å². The lowest BCUT2D eigenvalue weighted by Gasteiger charge is -2.14. The van der Waals surface area contributed by atoms with E-state index in [2.05, 4.69) is 0 Å². The molecule has 0 saturated heterocycles. The Morgan fingerprint density at radius 3 is 2.25 bits per heavy atom. The standard InChI is InChI=1S/C19H11NO4/c21-17-15-8-6-13(19(23)24)10-16(15)18(22)20(17)14-7-5-11-3-1-2-4-12(11)9-14/h1-10H,(H,23,24). The van der Waals surface area contributed by atoms with Crippen LogP contribution in [0.1, 0.15) is 31.1 Å². The summed E-state index contributed by atoms with van der Waals surface area (Å²) in [5.41, 5.74) is 0.790. The van der Waals surface area contributed by atoms with Crippen LogP contribution in [0.25, 0.3) is 10.8 Å². The molecule has 3 aromatic rings. The quantitative estimate of drug-likeness (QED) is 0.736. The van der Waals surface area contributed by atoms with E-state index in [-0.39, 0.29) is 16.7 Å². The maximum atomic E-state index is 12.6. The summed E-state index contributed by atoms with van der Waals surface area (Å²) >= 11 is 0. The van der Waals surface area contributed by atoms with Crippen LogP contribution in [0.15, 0.2) is 60.7 Å². The van der Waals surface area contributed by atoms with Crippen LogP contribution < -0.4 is 4.90 Å². The summed E-state index contributed by atoms with van der Waals surface area (Å²) in [5.74, 6) is -2.09. The number of hydrogen-bond donors (Lipinski definition) is 1. The first-order valence-electron chi connectivity index (χ1n) is 7.31. The molecule has 0 unspecified atom stereocenters. The molecule has 1 N–H and O–H groups in total. The first-order chi connectivity index (χ1) is 11.6. The predicted molar refractivity (Wildman–Crippen MR) is 88.5 cm³/mol. The molecule has 1 heterocycles. The maximum absolute atomic E-state index is 12.6. The molecule has 0 aliphatic carbocycles. The Morgan fingerprint density at radius 1 is 0.792 bits per heavy atom. The molecule has 0 radical (unpaired) electrons. The molecule has 4 rings (SSSR count). The van der Waals surface area contributed by atoms with Crippen molar-refractivity contribution in [3.8, 4) is 0 Å². The normalized spacial score (nSPS) is 13.4. The first kappa shape index (κ1) is 14.1. The number of aromatic carboxylic acids is 1. The summed E-state index contributed by atoms with van der Waals surface area (Å²) in [4.78, 5) is 37.4. The monoisotopic (exact) mass is 317 g/mol. The van der Waals surface area contributed by atoms with Gasteiger partial charge < -0.3 is 5.11 Å². The van der Waals surface area contributed by atoms with Gasteiger partial charge in [0.15, 0.2) is 0 Å². The Morgan fingerprint density at radius 2 is 1.50 bits per heavy atom. The van der Waals surface area contributed by atoms with E-state index in [1.54, 1.807) is 12.1 Å². The Labute approximate surface area is 136 Å². The number of amides is 2. The fourth-order valence-corrected chi connectivity index (χ4v) is 2.92. The lowest BCUT2D eigenvalue weighted by atomic mass is 10.1. The van der Waals surface area contributed by atoms with Gasteiger partial charge in [0.1, 0.15) is 0 Å². The van der Waals surface area contributed by atoms with Crippen LogP contribution in [0.5, 0.6) is 0 Å². The second kappa shape index (κ2) is 5.03. The number of benzene rings is 3. The summed E-state index contributed by atoms with van der Waals surface area (Å²) in [6, 6.07) is 16.9. The SMILES string of the molecule is O=C(O)c1ccc2c(c1)C(=O)N(c1ccc3ccccc3c1)C2=O. The van der Waals surface area contributed by atoms with Gasteiger partial charge in [0.2, 0.25) is 0 Å². The van der Waals surface area contributed by atoms with E-state index in [0.717, 1.165) is 15.7 Å². The number of nitrogens with zero attached hydrogens (tertiary/aromatic N) is 1. The largest absolute Gasteiger partial charge is 0.478 e.